The van der Waals surface area contributed by atoms with Gasteiger partial charge in [0, 0.05) is 26.4 Å². The van der Waals surface area contributed by atoms with E-state index in [4.69, 9.17) is 17.7 Å². The molecule has 0 saturated carbocycles. The molecule has 0 saturated heterocycles. The van der Waals surface area contributed by atoms with Crippen LogP contribution in [0.3, 0.4) is 0 Å². The Balaban J connectivity index is 4.52. The molecule has 0 radical (unpaired) electrons. The molecule has 140 valence electrons. The Bertz CT molecular complexity index is 213. The normalized spacial score (nSPS) is 12.0. The van der Waals surface area contributed by atoms with Crippen molar-refractivity contribution in [2.45, 2.75) is 91.9 Å². The third kappa shape index (κ3) is 13.1. The first kappa shape index (κ1) is 23.1. The van der Waals surface area contributed by atoms with Crippen molar-refractivity contribution in [1.29, 1.82) is 0 Å². The molecule has 0 fully saturated rings. The lowest BCUT2D eigenvalue weighted by atomic mass is 10.2. The Kier molecular flexibility index (Phi) is 16.9. The highest BCUT2D eigenvalue weighted by atomic mass is 28.4. The largest absolute Gasteiger partial charge is 0.679 e. The van der Waals surface area contributed by atoms with Gasteiger partial charge in [-0.25, -0.2) is 0 Å². The molecule has 23 heavy (non-hydrogen) atoms. The summed E-state index contributed by atoms with van der Waals surface area (Å²) in [6, 6.07) is 0. The van der Waals surface area contributed by atoms with Gasteiger partial charge in [-0.15, -0.1) is 0 Å². The first-order valence-corrected chi connectivity index (χ1v) is 11.4. The predicted octanol–water partition coefficient (Wildman–Crippen LogP) is 5.47. The average molecular weight is 349 g/mol. The Labute approximate surface area is 145 Å². The van der Waals surface area contributed by atoms with Crippen molar-refractivity contribution in [2.75, 3.05) is 26.4 Å². The highest BCUT2D eigenvalue weighted by Crippen LogP contribution is 2.16. The van der Waals surface area contributed by atoms with Crippen molar-refractivity contribution >= 4 is 9.05 Å². The molecule has 0 rings (SSSR count). The van der Waals surface area contributed by atoms with Crippen LogP contribution in [0.15, 0.2) is 0 Å². The number of rotatable bonds is 18. The average Bonchev–Trinajstić information content (AvgIpc) is 2.55. The van der Waals surface area contributed by atoms with Crippen molar-refractivity contribution in [2.24, 2.45) is 0 Å². The molecule has 0 N–H and O–H groups in total. The predicted molar refractivity (Wildman–Crippen MR) is 98.4 cm³/mol. The van der Waals surface area contributed by atoms with E-state index in [2.05, 4.69) is 27.7 Å². The van der Waals surface area contributed by atoms with Gasteiger partial charge in [0.15, 0.2) is 0 Å². The second kappa shape index (κ2) is 16.9. The zero-order chi connectivity index (χ0) is 17.2. The van der Waals surface area contributed by atoms with E-state index in [-0.39, 0.29) is 0 Å². The quantitative estimate of drug-likeness (QED) is 0.243. The van der Waals surface area contributed by atoms with Crippen molar-refractivity contribution < 1.29 is 17.7 Å². The van der Waals surface area contributed by atoms with Gasteiger partial charge >= 0.3 is 9.05 Å². The van der Waals surface area contributed by atoms with Crippen LogP contribution in [0.2, 0.25) is 0 Å². The van der Waals surface area contributed by atoms with Crippen molar-refractivity contribution in [3.8, 4) is 0 Å². The molecular formula is C18H40O4Si. The molecule has 0 bridgehead atoms. The monoisotopic (exact) mass is 348 g/mol. The van der Waals surface area contributed by atoms with Crippen LogP contribution >= 0.6 is 0 Å². The fraction of sp³-hybridized carbons (Fsp3) is 1.00. The summed E-state index contributed by atoms with van der Waals surface area (Å²) in [6.07, 6.45) is 11.1. The molecule has 0 atom stereocenters. The molecule has 0 aromatic carbocycles. The van der Waals surface area contributed by atoms with Gasteiger partial charge in [0.25, 0.3) is 0 Å². The molecular weight excluding hydrogens is 308 g/mol. The third-order valence-electron chi connectivity index (χ3n) is 3.61. The maximum atomic E-state index is 6.09. The SMILES string of the molecule is CCCCCCO[Si](OCCCC)(OCCCC)OCCCC. The first-order chi connectivity index (χ1) is 11.2. The molecule has 0 amide bonds. The second-order valence-electron chi connectivity index (χ2n) is 6.02. The Hall–Kier alpha value is 0.0569. The van der Waals surface area contributed by atoms with E-state index in [0.717, 1.165) is 44.9 Å². The molecule has 0 aliphatic rings. The van der Waals surface area contributed by atoms with Crippen LogP contribution in [-0.4, -0.2) is 35.5 Å². The lowest BCUT2D eigenvalue weighted by Crippen LogP contribution is -2.50. The minimum absolute atomic E-state index is 0.663. The van der Waals surface area contributed by atoms with Crippen molar-refractivity contribution in [3.05, 3.63) is 0 Å². The Morgan fingerprint density at radius 1 is 0.435 bits per heavy atom. The molecule has 0 aromatic rings. The lowest BCUT2D eigenvalue weighted by Gasteiger charge is -2.28. The molecule has 0 aliphatic heterocycles. The van der Waals surface area contributed by atoms with E-state index in [9.17, 15) is 0 Å². The summed E-state index contributed by atoms with van der Waals surface area (Å²) in [5.41, 5.74) is 0. The standard InChI is InChI=1S/C18H40O4Si/c1-5-9-13-14-18-22-23(19-15-10-6-2,20-16-11-7-3)21-17-12-8-4/h5-18H2,1-4H3. The van der Waals surface area contributed by atoms with Gasteiger partial charge in [0.2, 0.25) is 0 Å². The van der Waals surface area contributed by atoms with Crippen molar-refractivity contribution in [1.82, 2.24) is 0 Å². The summed E-state index contributed by atoms with van der Waals surface area (Å²) < 4.78 is 24.2. The van der Waals surface area contributed by atoms with Crippen LogP contribution in [0.1, 0.15) is 91.9 Å². The van der Waals surface area contributed by atoms with Crippen LogP contribution in [-0.2, 0) is 17.7 Å². The molecule has 4 nitrogen and oxygen atoms in total. The maximum absolute atomic E-state index is 6.09. The highest BCUT2D eigenvalue weighted by molar-refractivity contribution is 6.53. The molecule has 5 heteroatoms. The van der Waals surface area contributed by atoms with Crippen LogP contribution in [0.4, 0.5) is 0 Å². The van der Waals surface area contributed by atoms with Gasteiger partial charge < -0.3 is 17.7 Å². The number of hydrogen-bond acceptors (Lipinski definition) is 4. The minimum Gasteiger partial charge on any atom is -0.351 e. The summed E-state index contributed by atoms with van der Waals surface area (Å²) in [7, 11) is -2.97. The molecule has 0 spiro atoms. The first-order valence-electron chi connectivity index (χ1n) is 9.80. The minimum atomic E-state index is -2.97. The van der Waals surface area contributed by atoms with Crippen LogP contribution in [0, 0.1) is 0 Å². The molecule has 0 unspecified atom stereocenters. The number of unbranched alkanes of at least 4 members (excludes halogenated alkanes) is 6. The van der Waals surface area contributed by atoms with E-state index in [1.54, 1.807) is 0 Å². The summed E-state index contributed by atoms with van der Waals surface area (Å²) in [4.78, 5) is 0. The van der Waals surface area contributed by atoms with E-state index in [0.29, 0.717) is 26.4 Å². The molecule has 0 aromatic heterocycles. The molecule has 0 aliphatic carbocycles. The van der Waals surface area contributed by atoms with Gasteiger partial charge in [-0.05, 0) is 25.7 Å². The third-order valence-corrected chi connectivity index (χ3v) is 5.84. The van der Waals surface area contributed by atoms with Gasteiger partial charge in [-0.2, -0.15) is 0 Å². The lowest BCUT2D eigenvalue weighted by molar-refractivity contribution is -0.0370. The van der Waals surface area contributed by atoms with Crippen LogP contribution in [0.5, 0.6) is 0 Å². The number of hydrogen-bond donors (Lipinski definition) is 0. The van der Waals surface area contributed by atoms with E-state index in [1.807, 2.05) is 0 Å². The van der Waals surface area contributed by atoms with Crippen molar-refractivity contribution in [3.63, 3.8) is 0 Å². The molecule has 0 heterocycles. The fourth-order valence-corrected chi connectivity index (χ4v) is 4.08. The Morgan fingerprint density at radius 3 is 1.13 bits per heavy atom. The van der Waals surface area contributed by atoms with Crippen LogP contribution in [0.25, 0.3) is 0 Å². The summed E-state index contributed by atoms with van der Waals surface area (Å²) in [5, 5.41) is 0. The zero-order valence-corrected chi connectivity index (χ0v) is 17.0. The fourth-order valence-electron chi connectivity index (χ4n) is 2.00. The van der Waals surface area contributed by atoms with E-state index in [1.165, 1.54) is 19.3 Å². The van der Waals surface area contributed by atoms with Gasteiger partial charge in [-0.1, -0.05) is 66.2 Å². The Morgan fingerprint density at radius 2 is 0.783 bits per heavy atom. The van der Waals surface area contributed by atoms with Gasteiger partial charge in [-0.3, -0.25) is 0 Å². The summed E-state index contributed by atoms with van der Waals surface area (Å²) in [5.74, 6) is 0. The van der Waals surface area contributed by atoms with Gasteiger partial charge in [0.05, 0.1) is 0 Å². The topological polar surface area (TPSA) is 36.9 Å². The van der Waals surface area contributed by atoms with Crippen LogP contribution < -0.4 is 0 Å². The van der Waals surface area contributed by atoms with E-state index >= 15 is 0 Å². The highest BCUT2D eigenvalue weighted by Gasteiger charge is 2.45. The summed E-state index contributed by atoms with van der Waals surface area (Å²) in [6.45, 7) is 11.4. The summed E-state index contributed by atoms with van der Waals surface area (Å²) >= 11 is 0. The maximum Gasteiger partial charge on any atom is 0.679 e. The second-order valence-corrected chi connectivity index (χ2v) is 8.17. The zero-order valence-electron chi connectivity index (χ0n) is 16.0. The smallest absolute Gasteiger partial charge is 0.351 e. The van der Waals surface area contributed by atoms with Gasteiger partial charge in [0.1, 0.15) is 0 Å². The van der Waals surface area contributed by atoms with E-state index < -0.39 is 9.05 Å².